The van der Waals surface area contributed by atoms with E-state index in [0.29, 0.717) is 0 Å². The Morgan fingerprint density at radius 3 is 2.50 bits per heavy atom. The summed E-state index contributed by atoms with van der Waals surface area (Å²) in [4.78, 5) is 2.53. The first kappa shape index (κ1) is 15.3. The van der Waals surface area contributed by atoms with Gasteiger partial charge in [0.25, 0.3) is 0 Å². The molecule has 0 saturated carbocycles. The Hall–Kier alpha value is -1.06. The third-order valence-corrected chi connectivity index (χ3v) is 4.26. The fourth-order valence-corrected chi connectivity index (χ4v) is 2.82. The van der Waals surface area contributed by atoms with Crippen molar-refractivity contribution in [3.63, 3.8) is 0 Å². The summed E-state index contributed by atoms with van der Waals surface area (Å²) < 4.78 is 5.83. The van der Waals surface area contributed by atoms with Crippen LogP contribution in [0.25, 0.3) is 0 Å². The molecular weight excluding hydrogens is 248 g/mol. The van der Waals surface area contributed by atoms with E-state index in [1.807, 2.05) is 7.05 Å². The highest BCUT2D eigenvalue weighted by Gasteiger charge is 2.17. The van der Waals surface area contributed by atoms with Crippen LogP contribution in [-0.2, 0) is 6.54 Å². The molecular formula is C17H28N2O. The Labute approximate surface area is 123 Å². The van der Waals surface area contributed by atoms with Crippen molar-refractivity contribution in [1.82, 2.24) is 10.2 Å². The fraction of sp³-hybridized carbons (Fsp3) is 0.647. The molecule has 112 valence electrons. The largest absolute Gasteiger partial charge is 0.492 e. The minimum atomic E-state index is 0.794. The van der Waals surface area contributed by atoms with Crippen LogP contribution in [0, 0.1) is 5.92 Å². The third kappa shape index (κ3) is 4.80. The van der Waals surface area contributed by atoms with Crippen molar-refractivity contribution >= 4 is 0 Å². The lowest BCUT2D eigenvalue weighted by atomic mass is 9.94. The van der Waals surface area contributed by atoms with E-state index < -0.39 is 0 Å². The van der Waals surface area contributed by atoms with Gasteiger partial charge in [0.15, 0.2) is 0 Å². The van der Waals surface area contributed by atoms with E-state index in [-0.39, 0.29) is 0 Å². The van der Waals surface area contributed by atoms with Gasteiger partial charge in [-0.1, -0.05) is 25.5 Å². The summed E-state index contributed by atoms with van der Waals surface area (Å²) in [5.41, 5.74) is 1.29. The summed E-state index contributed by atoms with van der Waals surface area (Å²) in [6.45, 7) is 7.54. The standard InChI is InChI=1S/C17H28N2O/c1-3-15-8-10-19(11-9-15)12-13-20-17-6-4-16(5-7-17)14-18-2/h4-7,15,18H,3,8-14H2,1-2H3. The second-order valence-corrected chi connectivity index (χ2v) is 5.72. The normalized spacial score (nSPS) is 17.3. The lowest BCUT2D eigenvalue weighted by Crippen LogP contribution is -2.36. The number of likely N-dealkylation sites (tertiary alicyclic amines) is 1. The molecule has 0 aliphatic carbocycles. The van der Waals surface area contributed by atoms with Crippen LogP contribution in [0.4, 0.5) is 0 Å². The zero-order valence-electron chi connectivity index (χ0n) is 12.9. The van der Waals surface area contributed by atoms with Crippen molar-refractivity contribution in [3.8, 4) is 5.75 Å². The Morgan fingerprint density at radius 1 is 1.20 bits per heavy atom. The van der Waals surface area contributed by atoms with Crippen LogP contribution >= 0.6 is 0 Å². The zero-order valence-corrected chi connectivity index (χ0v) is 12.9. The van der Waals surface area contributed by atoms with Gasteiger partial charge in [-0.25, -0.2) is 0 Å². The molecule has 1 aliphatic rings. The number of hydrogen-bond acceptors (Lipinski definition) is 3. The smallest absolute Gasteiger partial charge is 0.119 e. The molecule has 1 aliphatic heterocycles. The monoisotopic (exact) mass is 276 g/mol. The van der Waals surface area contributed by atoms with Gasteiger partial charge in [-0.15, -0.1) is 0 Å². The van der Waals surface area contributed by atoms with Crippen LogP contribution < -0.4 is 10.1 Å². The Kier molecular flexibility index (Phi) is 6.34. The molecule has 2 rings (SSSR count). The van der Waals surface area contributed by atoms with E-state index >= 15 is 0 Å². The van der Waals surface area contributed by atoms with Gasteiger partial charge in [0.2, 0.25) is 0 Å². The summed E-state index contributed by atoms with van der Waals surface area (Å²) in [7, 11) is 1.96. The molecule has 0 aromatic heterocycles. The second-order valence-electron chi connectivity index (χ2n) is 5.72. The molecule has 0 unspecified atom stereocenters. The molecule has 0 bridgehead atoms. The van der Waals surface area contributed by atoms with Crippen molar-refractivity contribution < 1.29 is 4.74 Å². The first-order valence-electron chi connectivity index (χ1n) is 7.90. The van der Waals surface area contributed by atoms with Crippen LogP contribution in [0.15, 0.2) is 24.3 Å². The molecule has 1 aromatic carbocycles. The number of rotatable bonds is 7. The van der Waals surface area contributed by atoms with Gasteiger partial charge in [0, 0.05) is 13.1 Å². The average Bonchev–Trinajstić information content (AvgIpc) is 2.50. The summed E-state index contributed by atoms with van der Waals surface area (Å²) in [5, 5.41) is 3.15. The Balaban J connectivity index is 1.65. The maximum absolute atomic E-state index is 5.83. The van der Waals surface area contributed by atoms with Crippen LogP contribution in [0.2, 0.25) is 0 Å². The van der Waals surface area contributed by atoms with Gasteiger partial charge in [0.05, 0.1) is 0 Å². The van der Waals surface area contributed by atoms with Crippen molar-refractivity contribution in [2.75, 3.05) is 33.3 Å². The number of ether oxygens (including phenoxy) is 1. The number of hydrogen-bond donors (Lipinski definition) is 1. The molecule has 0 radical (unpaired) electrons. The first-order chi connectivity index (χ1) is 9.81. The molecule has 0 amide bonds. The summed E-state index contributed by atoms with van der Waals surface area (Å²) in [6.07, 6.45) is 4.05. The molecule has 3 nitrogen and oxygen atoms in total. The lowest BCUT2D eigenvalue weighted by molar-refractivity contribution is 0.153. The first-order valence-corrected chi connectivity index (χ1v) is 7.90. The van der Waals surface area contributed by atoms with Gasteiger partial charge in [-0.2, -0.15) is 0 Å². The van der Waals surface area contributed by atoms with Crippen LogP contribution in [0.3, 0.4) is 0 Å². The van der Waals surface area contributed by atoms with E-state index in [1.165, 1.54) is 37.9 Å². The molecule has 1 saturated heterocycles. The quantitative estimate of drug-likeness (QED) is 0.829. The zero-order chi connectivity index (χ0) is 14.2. The highest BCUT2D eigenvalue weighted by atomic mass is 16.5. The second kappa shape index (κ2) is 8.28. The number of nitrogens with zero attached hydrogens (tertiary/aromatic N) is 1. The molecule has 1 aromatic rings. The van der Waals surface area contributed by atoms with Crippen molar-refractivity contribution in [1.29, 1.82) is 0 Å². The Morgan fingerprint density at radius 2 is 1.90 bits per heavy atom. The van der Waals surface area contributed by atoms with Crippen LogP contribution in [0.5, 0.6) is 5.75 Å². The maximum atomic E-state index is 5.83. The molecule has 0 atom stereocenters. The van der Waals surface area contributed by atoms with Crippen LogP contribution in [0.1, 0.15) is 31.7 Å². The molecule has 1 fully saturated rings. The number of nitrogens with one attached hydrogen (secondary N) is 1. The highest BCUT2D eigenvalue weighted by Crippen LogP contribution is 2.19. The molecule has 20 heavy (non-hydrogen) atoms. The number of piperidine rings is 1. The van der Waals surface area contributed by atoms with E-state index in [1.54, 1.807) is 0 Å². The summed E-state index contributed by atoms with van der Waals surface area (Å²) in [5.74, 6) is 1.93. The fourth-order valence-electron chi connectivity index (χ4n) is 2.82. The molecule has 1 heterocycles. The predicted octanol–water partition coefficient (Wildman–Crippen LogP) is 2.91. The maximum Gasteiger partial charge on any atom is 0.119 e. The van der Waals surface area contributed by atoms with Gasteiger partial charge in [-0.05, 0) is 56.6 Å². The summed E-state index contributed by atoms with van der Waals surface area (Å²) in [6, 6.07) is 8.38. The van der Waals surface area contributed by atoms with E-state index in [2.05, 4.69) is 41.4 Å². The van der Waals surface area contributed by atoms with Crippen molar-refractivity contribution in [2.24, 2.45) is 5.92 Å². The number of benzene rings is 1. The van der Waals surface area contributed by atoms with Gasteiger partial charge in [0.1, 0.15) is 12.4 Å². The van der Waals surface area contributed by atoms with Crippen LogP contribution in [-0.4, -0.2) is 38.2 Å². The molecule has 0 spiro atoms. The van der Waals surface area contributed by atoms with Gasteiger partial charge >= 0.3 is 0 Å². The average molecular weight is 276 g/mol. The van der Waals surface area contributed by atoms with E-state index in [4.69, 9.17) is 4.74 Å². The van der Waals surface area contributed by atoms with E-state index in [9.17, 15) is 0 Å². The van der Waals surface area contributed by atoms with Gasteiger partial charge in [-0.3, -0.25) is 4.90 Å². The predicted molar refractivity (Wildman–Crippen MR) is 84.2 cm³/mol. The lowest BCUT2D eigenvalue weighted by Gasteiger charge is -2.31. The van der Waals surface area contributed by atoms with Crippen molar-refractivity contribution in [3.05, 3.63) is 29.8 Å². The Bertz CT molecular complexity index is 369. The van der Waals surface area contributed by atoms with Gasteiger partial charge < -0.3 is 10.1 Å². The third-order valence-electron chi connectivity index (χ3n) is 4.26. The van der Waals surface area contributed by atoms with E-state index in [0.717, 1.165) is 31.4 Å². The minimum absolute atomic E-state index is 0.794. The molecule has 1 N–H and O–H groups in total. The SMILES string of the molecule is CCC1CCN(CCOc2ccc(CNC)cc2)CC1. The highest BCUT2D eigenvalue weighted by molar-refractivity contribution is 5.27. The topological polar surface area (TPSA) is 24.5 Å². The molecule has 3 heteroatoms. The van der Waals surface area contributed by atoms with Crippen molar-refractivity contribution in [2.45, 2.75) is 32.7 Å². The summed E-state index contributed by atoms with van der Waals surface area (Å²) >= 11 is 0. The minimum Gasteiger partial charge on any atom is -0.492 e.